The molecule has 0 aliphatic carbocycles. The molecular weight excluding hydrogens is 433 g/mol. The first-order valence-corrected chi connectivity index (χ1v) is 9.09. The normalized spacial score (nSPS) is 11.1. The van der Waals surface area contributed by atoms with Crippen LogP contribution in [0.2, 0.25) is 5.02 Å². The highest BCUT2D eigenvalue weighted by molar-refractivity contribution is 6.34. The lowest BCUT2D eigenvalue weighted by atomic mass is 10.0. The molecule has 2 amide bonds. The fraction of sp³-hybridized carbons (Fsp3) is 0.250. The first-order chi connectivity index (χ1) is 13.8. The van der Waals surface area contributed by atoms with Gasteiger partial charge in [0.2, 0.25) is 0 Å². The number of nitrogens with one attached hydrogen (secondary N) is 2. The number of aromatic hydroxyl groups is 1. The molecule has 0 saturated heterocycles. The Bertz CT molecular complexity index is 913. The number of phenols is 1. The quantitative estimate of drug-likeness (QED) is 0.471. The fourth-order valence-corrected chi connectivity index (χ4v) is 3.05. The molecule has 0 spiro atoms. The van der Waals surface area contributed by atoms with Gasteiger partial charge in [0, 0.05) is 18.7 Å². The Kier molecular flexibility index (Phi) is 9.58. The maximum absolute atomic E-state index is 12.5. The van der Waals surface area contributed by atoms with Gasteiger partial charge < -0.3 is 26.2 Å². The van der Waals surface area contributed by atoms with Crippen molar-refractivity contribution < 1.29 is 24.2 Å². The Morgan fingerprint density at radius 1 is 1.20 bits per heavy atom. The van der Waals surface area contributed by atoms with Gasteiger partial charge in [0.05, 0.1) is 17.7 Å². The van der Waals surface area contributed by atoms with Crippen molar-refractivity contribution in [1.29, 1.82) is 0 Å². The van der Waals surface area contributed by atoms with E-state index in [-0.39, 0.29) is 53.3 Å². The Morgan fingerprint density at radius 2 is 1.90 bits per heavy atom. The molecule has 2 aromatic rings. The minimum atomic E-state index is -1.01. The predicted molar refractivity (Wildman–Crippen MR) is 115 cm³/mol. The van der Waals surface area contributed by atoms with Gasteiger partial charge in [-0.3, -0.25) is 9.59 Å². The third kappa shape index (κ3) is 6.35. The second-order valence-electron chi connectivity index (χ2n) is 6.29. The first kappa shape index (κ1) is 25.2. The largest absolute Gasteiger partial charge is 0.508 e. The van der Waals surface area contributed by atoms with Crippen molar-refractivity contribution in [2.45, 2.75) is 19.5 Å². The second-order valence-corrected chi connectivity index (χ2v) is 6.69. The Labute approximate surface area is 185 Å². The maximum Gasteiger partial charge on any atom is 0.329 e. The minimum Gasteiger partial charge on any atom is -0.508 e. The van der Waals surface area contributed by atoms with Gasteiger partial charge in [-0.15, -0.1) is 12.4 Å². The lowest BCUT2D eigenvalue weighted by Crippen LogP contribution is -2.46. The molecule has 0 aromatic heterocycles. The summed E-state index contributed by atoms with van der Waals surface area (Å²) in [6, 6.07) is 8.41. The maximum atomic E-state index is 12.5. The number of nitrogens with two attached hydrogens (primary N) is 1. The highest BCUT2D eigenvalue weighted by Gasteiger charge is 2.23. The molecule has 0 bridgehead atoms. The van der Waals surface area contributed by atoms with Gasteiger partial charge >= 0.3 is 5.97 Å². The summed E-state index contributed by atoms with van der Waals surface area (Å²) in [5.41, 5.74) is 7.08. The SMILES string of the molecule is COC(=O)[C@H](CN)NC(=O)c1c(C)cc(C(=O)NCc2cccc(O)c2)cc1Cl.Cl. The third-order valence-corrected chi connectivity index (χ3v) is 4.47. The van der Waals surface area contributed by atoms with Crippen molar-refractivity contribution >= 4 is 41.8 Å². The number of benzene rings is 2. The zero-order chi connectivity index (χ0) is 21.6. The molecule has 0 fully saturated rings. The van der Waals surface area contributed by atoms with Crippen LogP contribution in [0.3, 0.4) is 0 Å². The number of aryl methyl sites for hydroxylation is 1. The highest BCUT2D eigenvalue weighted by atomic mass is 35.5. The van der Waals surface area contributed by atoms with Gasteiger partial charge in [-0.2, -0.15) is 0 Å². The smallest absolute Gasteiger partial charge is 0.329 e. The van der Waals surface area contributed by atoms with E-state index in [1.807, 2.05) is 0 Å². The molecule has 0 radical (unpaired) electrons. The van der Waals surface area contributed by atoms with Crippen LogP contribution in [0.4, 0.5) is 0 Å². The molecule has 30 heavy (non-hydrogen) atoms. The molecule has 0 aliphatic rings. The van der Waals surface area contributed by atoms with Crippen LogP contribution in [0.15, 0.2) is 36.4 Å². The molecule has 0 aliphatic heterocycles. The lowest BCUT2D eigenvalue weighted by Gasteiger charge is -2.16. The summed E-state index contributed by atoms with van der Waals surface area (Å²) in [7, 11) is 1.19. The Morgan fingerprint density at radius 3 is 2.47 bits per heavy atom. The Hall–Kier alpha value is -2.81. The molecule has 5 N–H and O–H groups in total. The molecule has 162 valence electrons. The van der Waals surface area contributed by atoms with Crippen molar-refractivity contribution in [1.82, 2.24) is 10.6 Å². The monoisotopic (exact) mass is 455 g/mol. The van der Waals surface area contributed by atoms with Crippen LogP contribution < -0.4 is 16.4 Å². The van der Waals surface area contributed by atoms with Gasteiger partial charge in [0.1, 0.15) is 11.8 Å². The van der Waals surface area contributed by atoms with Gasteiger partial charge in [0.15, 0.2) is 0 Å². The number of ether oxygens (including phenoxy) is 1. The number of hydrogen-bond acceptors (Lipinski definition) is 6. The van der Waals surface area contributed by atoms with Crippen molar-refractivity contribution in [3.8, 4) is 5.75 Å². The summed E-state index contributed by atoms with van der Waals surface area (Å²) in [6.45, 7) is 1.70. The molecule has 0 heterocycles. The van der Waals surface area contributed by atoms with Crippen LogP contribution in [0.1, 0.15) is 31.8 Å². The molecular formula is C20H23Cl2N3O5. The molecule has 8 nitrogen and oxygen atoms in total. The van der Waals surface area contributed by atoms with E-state index < -0.39 is 17.9 Å². The van der Waals surface area contributed by atoms with Crippen LogP contribution >= 0.6 is 24.0 Å². The van der Waals surface area contributed by atoms with E-state index in [4.69, 9.17) is 17.3 Å². The van der Waals surface area contributed by atoms with Crippen molar-refractivity contribution in [3.63, 3.8) is 0 Å². The van der Waals surface area contributed by atoms with Crippen LogP contribution in [0.5, 0.6) is 5.75 Å². The van der Waals surface area contributed by atoms with Gasteiger partial charge in [-0.1, -0.05) is 23.7 Å². The number of methoxy groups -OCH3 is 1. The summed E-state index contributed by atoms with van der Waals surface area (Å²) < 4.78 is 4.59. The average Bonchev–Trinajstić information content (AvgIpc) is 2.69. The van der Waals surface area contributed by atoms with Crippen LogP contribution in [0, 0.1) is 6.92 Å². The summed E-state index contributed by atoms with van der Waals surface area (Å²) in [6.07, 6.45) is 0. The molecule has 1 atom stereocenters. The molecule has 0 unspecified atom stereocenters. The van der Waals surface area contributed by atoms with Gasteiger partial charge in [0.25, 0.3) is 11.8 Å². The van der Waals surface area contributed by atoms with Crippen LogP contribution in [0.25, 0.3) is 0 Å². The van der Waals surface area contributed by atoms with Crippen molar-refractivity contribution in [2.75, 3.05) is 13.7 Å². The van der Waals surface area contributed by atoms with Crippen molar-refractivity contribution in [3.05, 3.63) is 63.7 Å². The topological polar surface area (TPSA) is 131 Å². The zero-order valence-corrected chi connectivity index (χ0v) is 18.0. The second kappa shape index (κ2) is 11.4. The number of rotatable bonds is 7. The Balaban J connectivity index is 0.00000450. The fourth-order valence-electron chi connectivity index (χ4n) is 2.70. The van der Waals surface area contributed by atoms with Crippen molar-refractivity contribution in [2.24, 2.45) is 5.73 Å². The first-order valence-electron chi connectivity index (χ1n) is 8.71. The standard InChI is InChI=1S/C20H22ClN3O5.ClH/c1-11-6-13(18(26)23-10-12-4-3-5-14(25)7-12)8-15(21)17(11)19(27)24-16(9-22)20(28)29-2;/h3-8,16,25H,9-10,22H2,1-2H3,(H,23,26)(H,24,27);1H/t16-;/m0./s1. The number of carbonyl (C=O) groups excluding carboxylic acids is 3. The summed E-state index contributed by atoms with van der Waals surface area (Å²) in [4.78, 5) is 36.6. The minimum absolute atomic E-state index is 0. The number of amides is 2. The average molecular weight is 456 g/mol. The number of halogens is 2. The predicted octanol–water partition coefficient (Wildman–Crippen LogP) is 1.94. The van der Waals surface area contributed by atoms with Gasteiger partial charge in [-0.05, 0) is 42.3 Å². The number of phenolic OH excluding ortho intramolecular Hbond substituents is 1. The molecule has 10 heteroatoms. The van der Waals surface area contributed by atoms with Crippen LogP contribution in [-0.2, 0) is 16.1 Å². The van der Waals surface area contributed by atoms with Gasteiger partial charge in [-0.25, -0.2) is 4.79 Å². The van der Waals surface area contributed by atoms with E-state index in [0.29, 0.717) is 5.56 Å². The third-order valence-electron chi connectivity index (χ3n) is 4.17. The van der Waals surface area contributed by atoms with E-state index in [1.165, 1.54) is 25.3 Å². The molecule has 0 saturated carbocycles. The van der Waals surface area contributed by atoms with Crippen LogP contribution in [-0.4, -0.2) is 42.6 Å². The number of carbonyl (C=O) groups is 3. The molecule has 2 rings (SSSR count). The van der Waals surface area contributed by atoms with E-state index in [0.717, 1.165) is 5.56 Å². The van der Waals surface area contributed by atoms with E-state index in [2.05, 4.69) is 15.4 Å². The number of hydrogen-bond donors (Lipinski definition) is 4. The summed E-state index contributed by atoms with van der Waals surface area (Å²) in [5.74, 6) is -1.55. The van der Waals surface area contributed by atoms with E-state index in [9.17, 15) is 19.5 Å². The van der Waals surface area contributed by atoms with E-state index >= 15 is 0 Å². The highest BCUT2D eigenvalue weighted by Crippen LogP contribution is 2.23. The number of esters is 1. The summed E-state index contributed by atoms with van der Waals surface area (Å²) >= 11 is 6.23. The zero-order valence-electron chi connectivity index (χ0n) is 16.4. The summed E-state index contributed by atoms with van der Waals surface area (Å²) in [5, 5.41) is 14.7. The van der Waals surface area contributed by atoms with E-state index in [1.54, 1.807) is 25.1 Å². The lowest BCUT2D eigenvalue weighted by molar-refractivity contribution is -0.142. The molecule has 2 aromatic carbocycles.